The van der Waals surface area contributed by atoms with E-state index in [1.165, 1.54) is 0 Å². The first-order valence-electron chi connectivity index (χ1n) is 8.72. The average Bonchev–Trinajstić information content (AvgIpc) is 3.00. The number of nitrogens with zero attached hydrogens (tertiary/aromatic N) is 2. The van der Waals surface area contributed by atoms with Gasteiger partial charge in [-0.1, -0.05) is 38.4 Å². The number of aromatic nitrogens is 2. The summed E-state index contributed by atoms with van der Waals surface area (Å²) in [6.45, 7) is 8.10. The van der Waals surface area contributed by atoms with Gasteiger partial charge in [-0.25, -0.2) is 4.68 Å². The zero-order valence-electron chi connectivity index (χ0n) is 15.0. The fourth-order valence-corrected chi connectivity index (χ4v) is 3.14. The Bertz CT molecular complexity index is 757. The Kier molecular flexibility index (Phi) is 5.16. The van der Waals surface area contributed by atoms with E-state index in [1.54, 1.807) is 4.68 Å². The van der Waals surface area contributed by atoms with Crippen LogP contribution in [0, 0.1) is 5.92 Å². The Balaban J connectivity index is 1.93. The minimum atomic E-state index is -0.113. The van der Waals surface area contributed by atoms with E-state index in [0.717, 1.165) is 37.3 Å². The van der Waals surface area contributed by atoms with Crippen LogP contribution in [0.15, 0.2) is 30.3 Å². The summed E-state index contributed by atoms with van der Waals surface area (Å²) in [5, 5.41) is 11.7. The van der Waals surface area contributed by atoms with Crippen LogP contribution in [0.3, 0.4) is 0 Å². The summed E-state index contributed by atoms with van der Waals surface area (Å²) in [5.74, 6) is 0.794. The number of nitrogens with one attached hydrogen (secondary N) is 2. The molecule has 134 valence electrons. The standard InChI is InChI=1S/C19H25ClN4O/c1-19(2,3)16-12-17(22-18(25)13-7-9-21-10-8-13)24(23-16)15-6-4-5-14(20)11-15/h4-6,11-13,21H,7-10H2,1-3H3,(H,22,25). The number of halogens is 1. The van der Waals surface area contributed by atoms with Crippen molar-refractivity contribution < 1.29 is 4.79 Å². The molecule has 0 atom stereocenters. The molecule has 6 heteroatoms. The van der Waals surface area contributed by atoms with E-state index in [0.29, 0.717) is 10.8 Å². The Morgan fingerprint density at radius 1 is 1.28 bits per heavy atom. The molecular weight excluding hydrogens is 336 g/mol. The van der Waals surface area contributed by atoms with Crippen LogP contribution in [-0.4, -0.2) is 28.8 Å². The van der Waals surface area contributed by atoms with Crippen molar-refractivity contribution in [3.8, 4) is 5.69 Å². The Labute approximate surface area is 153 Å². The highest BCUT2D eigenvalue weighted by Gasteiger charge is 2.25. The number of carbonyl (C=O) groups excluding carboxylic acids is 1. The van der Waals surface area contributed by atoms with Crippen LogP contribution in [0.25, 0.3) is 5.69 Å². The molecule has 1 fully saturated rings. The maximum Gasteiger partial charge on any atom is 0.228 e. The number of piperidine rings is 1. The minimum absolute atomic E-state index is 0.0436. The van der Waals surface area contributed by atoms with Crippen LogP contribution >= 0.6 is 11.6 Å². The highest BCUT2D eigenvalue weighted by atomic mass is 35.5. The maximum atomic E-state index is 12.7. The lowest BCUT2D eigenvalue weighted by Crippen LogP contribution is -2.35. The van der Waals surface area contributed by atoms with Gasteiger partial charge < -0.3 is 10.6 Å². The summed E-state index contributed by atoms with van der Waals surface area (Å²) in [4.78, 5) is 12.7. The molecular formula is C19H25ClN4O. The maximum absolute atomic E-state index is 12.7. The highest BCUT2D eigenvalue weighted by Crippen LogP contribution is 2.28. The van der Waals surface area contributed by atoms with Crippen molar-refractivity contribution in [3.63, 3.8) is 0 Å². The number of carbonyl (C=O) groups is 1. The van der Waals surface area contributed by atoms with Crippen molar-refractivity contribution in [2.24, 2.45) is 5.92 Å². The van der Waals surface area contributed by atoms with E-state index in [2.05, 4.69) is 31.4 Å². The molecule has 1 aromatic heterocycles. The molecule has 0 radical (unpaired) electrons. The van der Waals surface area contributed by atoms with Crippen molar-refractivity contribution in [1.82, 2.24) is 15.1 Å². The molecule has 1 saturated heterocycles. The van der Waals surface area contributed by atoms with Gasteiger partial charge in [0.05, 0.1) is 11.4 Å². The third-order valence-electron chi connectivity index (χ3n) is 4.49. The molecule has 1 aliphatic heterocycles. The predicted octanol–water partition coefficient (Wildman–Crippen LogP) is 3.76. The van der Waals surface area contributed by atoms with Gasteiger partial charge in [0, 0.05) is 22.4 Å². The van der Waals surface area contributed by atoms with Crippen LogP contribution in [-0.2, 0) is 10.2 Å². The number of rotatable bonds is 3. The topological polar surface area (TPSA) is 59.0 Å². The van der Waals surface area contributed by atoms with Crippen LogP contribution in [0.2, 0.25) is 5.02 Å². The van der Waals surface area contributed by atoms with Crippen molar-refractivity contribution in [1.29, 1.82) is 0 Å². The zero-order chi connectivity index (χ0) is 18.0. The molecule has 0 aliphatic carbocycles. The van der Waals surface area contributed by atoms with Crippen LogP contribution in [0.5, 0.6) is 0 Å². The summed E-state index contributed by atoms with van der Waals surface area (Å²) in [7, 11) is 0. The predicted molar refractivity (Wildman–Crippen MR) is 101 cm³/mol. The van der Waals surface area contributed by atoms with Gasteiger partial charge in [-0.05, 0) is 44.1 Å². The normalized spacial score (nSPS) is 16.0. The molecule has 0 unspecified atom stereocenters. The molecule has 25 heavy (non-hydrogen) atoms. The first-order valence-corrected chi connectivity index (χ1v) is 9.10. The Morgan fingerprint density at radius 3 is 2.64 bits per heavy atom. The summed E-state index contributed by atoms with van der Waals surface area (Å²) >= 11 is 6.14. The summed E-state index contributed by atoms with van der Waals surface area (Å²) in [5.41, 5.74) is 1.65. The monoisotopic (exact) mass is 360 g/mol. The first kappa shape index (κ1) is 18.0. The lowest BCUT2D eigenvalue weighted by molar-refractivity contribution is -0.120. The van der Waals surface area contributed by atoms with Gasteiger partial charge in [0.15, 0.2) is 0 Å². The van der Waals surface area contributed by atoms with Crippen LogP contribution in [0.4, 0.5) is 5.82 Å². The number of hydrogen-bond donors (Lipinski definition) is 2. The van der Waals surface area contributed by atoms with Gasteiger partial charge in [0.1, 0.15) is 5.82 Å². The van der Waals surface area contributed by atoms with E-state index in [9.17, 15) is 4.79 Å². The molecule has 0 spiro atoms. The van der Waals surface area contributed by atoms with E-state index < -0.39 is 0 Å². The van der Waals surface area contributed by atoms with E-state index in [1.807, 2.05) is 30.3 Å². The molecule has 5 nitrogen and oxygen atoms in total. The molecule has 2 aromatic rings. The Hall–Kier alpha value is -1.85. The number of hydrogen-bond acceptors (Lipinski definition) is 3. The third kappa shape index (κ3) is 4.22. The van der Waals surface area contributed by atoms with Crippen molar-refractivity contribution >= 4 is 23.3 Å². The van der Waals surface area contributed by atoms with E-state index in [4.69, 9.17) is 16.7 Å². The van der Waals surface area contributed by atoms with Crippen LogP contribution in [0.1, 0.15) is 39.3 Å². The molecule has 2 N–H and O–H groups in total. The second kappa shape index (κ2) is 7.18. The molecule has 0 bridgehead atoms. The molecule has 0 saturated carbocycles. The largest absolute Gasteiger partial charge is 0.317 e. The summed E-state index contributed by atoms with van der Waals surface area (Å²) in [6.07, 6.45) is 1.73. The molecule has 1 amide bonds. The number of amides is 1. The average molecular weight is 361 g/mol. The SMILES string of the molecule is CC(C)(C)c1cc(NC(=O)C2CCNCC2)n(-c2cccc(Cl)c2)n1. The van der Waals surface area contributed by atoms with Gasteiger partial charge >= 0.3 is 0 Å². The zero-order valence-corrected chi connectivity index (χ0v) is 15.7. The molecule has 3 rings (SSSR count). The Morgan fingerprint density at radius 2 is 2.00 bits per heavy atom. The first-order chi connectivity index (χ1) is 11.8. The molecule has 2 heterocycles. The lowest BCUT2D eigenvalue weighted by atomic mass is 9.92. The third-order valence-corrected chi connectivity index (χ3v) is 4.73. The van der Waals surface area contributed by atoms with Gasteiger partial charge in [0.25, 0.3) is 0 Å². The summed E-state index contributed by atoms with van der Waals surface area (Å²) in [6, 6.07) is 9.45. The minimum Gasteiger partial charge on any atom is -0.317 e. The van der Waals surface area contributed by atoms with Gasteiger partial charge in [-0.15, -0.1) is 0 Å². The lowest BCUT2D eigenvalue weighted by Gasteiger charge is -2.21. The smallest absolute Gasteiger partial charge is 0.228 e. The van der Waals surface area contributed by atoms with Gasteiger partial charge in [0.2, 0.25) is 5.91 Å². The molecule has 1 aromatic carbocycles. The number of benzene rings is 1. The summed E-state index contributed by atoms with van der Waals surface area (Å²) < 4.78 is 1.77. The fourth-order valence-electron chi connectivity index (χ4n) is 2.95. The van der Waals surface area contributed by atoms with Crippen molar-refractivity contribution in [2.45, 2.75) is 39.0 Å². The second-order valence-electron chi connectivity index (χ2n) is 7.57. The van der Waals surface area contributed by atoms with Gasteiger partial charge in [-0.2, -0.15) is 5.10 Å². The van der Waals surface area contributed by atoms with Crippen molar-refractivity contribution in [3.05, 3.63) is 41.0 Å². The van der Waals surface area contributed by atoms with Crippen LogP contribution < -0.4 is 10.6 Å². The highest BCUT2D eigenvalue weighted by molar-refractivity contribution is 6.30. The van der Waals surface area contributed by atoms with E-state index in [-0.39, 0.29) is 17.2 Å². The molecule has 1 aliphatic rings. The fraction of sp³-hybridized carbons (Fsp3) is 0.474. The van der Waals surface area contributed by atoms with Gasteiger partial charge in [-0.3, -0.25) is 4.79 Å². The van der Waals surface area contributed by atoms with E-state index >= 15 is 0 Å². The quantitative estimate of drug-likeness (QED) is 0.876. The second-order valence-corrected chi connectivity index (χ2v) is 8.01. The van der Waals surface area contributed by atoms with Crippen molar-refractivity contribution in [2.75, 3.05) is 18.4 Å². The number of anilines is 1.